The molecule has 1 unspecified atom stereocenters. The summed E-state index contributed by atoms with van der Waals surface area (Å²) in [5.74, 6) is -0.525. The summed E-state index contributed by atoms with van der Waals surface area (Å²) in [7, 11) is 0. The van der Waals surface area contributed by atoms with Crippen molar-refractivity contribution in [3.8, 4) is 0 Å². The predicted octanol–water partition coefficient (Wildman–Crippen LogP) is 4.97. The van der Waals surface area contributed by atoms with Gasteiger partial charge in [-0.25, -0.2) is 4.39 Å². The lowest BCUT2D eigenvalue weighted by Gasteiger charge is -2.25. The van der Waals surface area contributed by atoms with Crippen molar-refractivity contribution >= 4 is 11.6 Å². The van der Waals surface area contributed by atoms with Crippen LogP contribution in [0.25, 0.3) is 0 Å². The van der Waals surface area contributed by atoms with E-state index in [4.69, 9.17) is 4.84 Å². The lowest BCUT2D eigenvalue weighted by Crippen LogP contribution is -2.37. The van der Waals surface area contributed by atoms with Gasteiger partial charge in [0.05, 0.1) is 12.3 Å². The van der Waals surface area contributed by atoms with Crippen LogP contribution in [0.4, 0.5) is 4.39 Å². The number of amides is 1. The fourth-order valence-electron chi connectivity index (χ4n) is 3.49. The number of hydrogen-bond donors (Lipinski definition) is 0. The third-order valence-corrected chi connectivity index (χ3v) is 5.14. The Morgan fingerprint density at radius 1 is 1.03 bits per heavy atom. The third-order valence-electron chi connectivity index (χ3n) is 5.14. The fourth-order valence-corrected chi connectivity index (χ4v) is 3.49. The van der Waals surface area contributed by atoms with Crippen LogP contribution in [0.1, 0.15) is 33.5 Å². The number of hydrogen-bond acceptors (Lipinski definition) is 3. The molecule has 0 aliphatic carbocycles. The molecule has 1 heterocycles. The Labute approximate surface area is 175 Å². The molecule has 0 N–H and O–H groups in total. The predicted molar refractivity (Wildman–Crippen MR) is 115 cm³/mol. The maximum absolute atomic E-state index is 13.3. The molecule has 4 nitrogen and oxygen atoms in total. The lowest BCUT2D eigenvalue weighted by molar-refractivity contribution is 0.0405. The number of carbonyl (C=O) groups is 1. The van der Waals surface area contributed by atoms with Crippen LogP contribution < -0.4 is 0 Å². The Kier molecular flexibility index (Phi) is 5.89. The van der Waals surface area contributed by atoms with Crippen molar-refractivity contribution in [2.24, 2.45) is 5.16 Å². The summed E-state index contributed by atoms with van der Waals surface area (Å²) < 4.78 is 13.3. The lowest BCUT2D eigenvalue weighted by atomic mass is 10.0. The summed E-state index contributed by atoms with van der Waals surface area (Å²) in [5.41, 5.74) is 4.57. The number of nitrogens with zero attached hydrogens (tertiary/aromatic N) is 2. The van der Waals surface area contributed by atoms with Crippen molar-refractivity contribution in [3.05, 3.63) is 107 Å². The van der Waals surface area contributed by atoms with E-state index in [0.717, 1.165) is 16.8 Å². The van der Waals surface area contributed by atoms with Crippen LogP contribution in [-0.4, -0.2) is 29.2 Å². The van der Waals surface area contributed by atoms with Gasteiger partial charge < -0.3 is 9.74 Å². The normalized spacial score (nSPS) is 15.4. The molecule has 0 fully saturated rings. The van der Waals surface area contributed by atoms with Crippen LogP contribution in [0, 0.1) is 12.7 Å². The summed E-state index contributed by atoms with van der Waals surface area (Å²) >= 11 is 0. The number of halogens is 1. The molecule has 0 radical (unpaired) electrons. The quantitative estimate of drug-likeness (QED) is 0.584. The molecule has 3 aromatic rings. The highest BCUT2D eigenvalue weighted by atomic mass is 19.1. The molecule has 30 heavy (non-hydrogen) atoms. The first kappa shape index (κ1) is 19.8. The molecule has 1 amide bonds. The van der Waals surface area contributed by atoms with Gasteiger partial charge in [0.25, 0.3) is 5.91 Å². The van der Waals surface area contributed by atoms with Crippen LogP contribution in [0.2, 0.25) is 0 Å². The van der Waals surface area contributed by atoms with Crippen LogP contribution in [0.15, 0.2) is 84.0 Å². The van der Waals surface area contributed by atoms with Gasteiger partial charge in [-0.15, -0.1) is 0 Å². The number of rotatable bonds is 6. The van der Waals surface area contributed by atoms with E-state index in [1.807, 2.05) is 61.5 Å². The Hall–Kier alpha value is -3.47. The van der Waals surface area contributed by atoms with Crippen LogP contribution in [-0.2, 0) is 11.4 Å². The first-order valence-electron chi connectivity index (χ1n) is 9.97. The van der Waals surface area contributed by atoms with Crippen molar-refractivity contribution in [1.82, 2.24) is 4.90 Å². The number of aryl methyl sites for hydroxylation is 1. The van der Waals surface area contributed by atoms with Crippen molar-refractivity contribution in [3.63, 3.8) is 0 Å². The van der Waals surface area contributed by atoms with E-state index < -0.39 is 0 Å². The van der Waals surface area contributed by atoms with Crippen molar-refractivity contribution in [2.75, 3.05) is 6.54 Å². The first-order valence-corrected chi connectivity index (χ1v) is 9.97. The molecule has 1 aliphatic heterocycles. The standard InChI is InChI=1S/C25H23FN2O2/c1-18-7-9-20(10-8-18)24-15-23(30-27-24)17-28(16-19-5-3-2-4-6-19)25(29)21-11-13-22(26)14-12-21/h2-14,23H,15-17H2,1H3. The minimum atomic E-state index is -0.364. The SMILES string of the molecule is Cc1ccc(C2=NOC(CN(Cc3ccccc3)C(=O)c3ccc(F)cc3)C2)cc1. The molecule has 4 rings (SSSR count). The molecule has 0 aromatic heterocycles. The second-order valence-corrected chi connectivity index (χ2v) is 7.51. The maximum Gasteiger partial charge on any atom is 0.254 e. The van der Waals surface area contributed by atoms with Gasteiger partial charge in [0.1, 0.15) is 5.82 Å². The molecule has 5 heteroatoms. The summed E-state index contributed by atoms with van der Waals surface area (Å²) in [5, 5.41) is 4.25. The minimum absolute atomic E-state index is 0.161. The first-order chi connectivity index (χ1) is 14.6. The number of oxime groups is 1. The van der Waals surface area contributed by atoms with E-state index in [1.54, 1.807) is 4.90 Å². The molecular weight excluding hydrogens is 379 g/mol. The molecule has 1 aliphatic rings. The Bertz CT molecular complexity index is 1030. The van der Waals surface area contributed by atoms with Crippen molar-refractivity contribution < 1.29 is 14.0 Å². The second-order valence-electron chi connectivity index (χ2n) is 7.51. The maximum atomic E-state index is 13.3. The van der Waals surface area contributed by atoms with Gasteiger partial charge in [-0.1, -0.05) is 65.3 Å². The second kappa shape index (κ2) is 8.91. The van der Waals surface area contributed by atoms with E-state index in [-0.39, 0.29) is 17.8 Å². The molecular formula is C25H23FN2O2. The van der Waals surface area contributed by atoms with E-state index in [1.165, 1.54) is 29.8 Å². The van der Waals surface area contributed by atoms with E-state index in [9.17, 15) is 9.18 Å². The highest BCUT2D eigenvalue weighted by Crippen LogP contribution is 2.20. The molecule has 0 saturated carbocycles. The van der Waals surface area contributed by atoms with E-state index >= 15 is 0 Å². The smallest absolute Gasteiger partial charge is 0.254 e. The van der Waals surface area contributed by atoms with E-state index in [2.05, 4.69) is 5.16 Å². The van der Waals surface area contributed by atoms with Gasteiger partial charge in [-0.3, -0.25) is 4.79 Å². The summed E-state index contributed by atoms with van der Waals surface area (Å²) in [4.78, 5) is 20.5. The zero-order valence-corrected chi connectivity index (χ0v) is 16.8. The summed E-state index contributed by atoms with van der Waals surface area (Å²) in [6.45, 7) is 2.88. The minimum Gasteiger partial charge on any atom is -0.390 e. The van der Waals surface area contributed by atoms with Crippen molar-refractivity contribution in [2.45, 2.75) is 26.0 Å². The number of benzene rings is 3. The zero-order chi connectivity index (χ0) is 20.9. The van der Waals surface area contributed by atoms with Crippen molar-refractivity contribution in [1.29, 1.82) is 0 Å². The zero-order valence-electron chi connectivity index (χ0n) is 16.8. The van der Waals surface area contributed by atoms with Crippen LogP contribution in [0.5, 0.6) is 0 Å². The van der Waals surface area contributed by atoms with Gasteiger partial charge in [-0.2, -0.15) is 0 Å². The molecule has 3 aromatic carbocycles. The third kappa shape index (κ3) is 4.74. The molecule has 1 atom stereocenters. The highest BCUT2D eigenvalue weighted by molar-refractivity contribution is 6.01. The topological polar surface area (TPSA) is 41.9 Å². The fraction of sp³-hybridized carbons (Fsp3) is 0.200. The largest absolute Gasteiger partial charge is 0.390 e. The van der Waals surface area contributed by atoms with E-state index in [0.29, 0.717) is 25.1 Å². The Morgan fingerprint density at radius 3 is 2.43 bits per heavy atom. The Morgan fingerprint density at radius 2 is 1.73 bits per heavy atom. The van der Waals surface area contributed by atoms with Crippen LogP contribution in [0.3, 0.4) is 0 Å². The van der Waals surface area contributed by atoms with Gasteiger partial charge in [0.2, 0.25) is 0 Å². The highest BCUT2D eigenvalue weighted by Gasteiger charge is 2.27. The molecule has 152 valence electrons. The molecule has 0 spiro atoms. The molecule has 0 saturated heterocycles. The van der Waals surface area contributed by atoms with Gasteiger partial charge >= 0.3 is 0 Å². The van der Waals surface area contributed by atoms with Crippen LogP contribution >= 0.6 is 0 Å². The average molecular weight is 402 g/mol. The van der Waals surface area contributed by atoms with Gasteiger partial charge in [0.15, 0.2) is 6.10 Å². The number of carbonyl (C=O) groups excluding carboxylic acids is 1. The average Bonchev–Trinajstić information content (AvgIpc) is 3.23. The monoisotopic (exact) mass is 402 g/mol. The summed E-state index contributed by atoms with van der Waals surface area (Å²) in [6.07, 6.45) is 0.403. The van der Waals surface area contributed by atoms with Gasteiger partial charge in [-0.05, 0) is 42.3 Å². The summed E-state index contributed by atoms with van der Waals surface area (Å²) in [6, 6.07) is 23.6. The van der Waals surface area contributed by atoms with Gasteiger partial charge in [0, 0.05) is 18.5 Å². The Balaban J connectivity index is 1.49. The molecule has 0 bridgehead atoms.